The Morgan fingerprint density at radius 1 is 0.975 bits per heavy atom. The Hall–Kier alpha value is -2.79. The van der Waals surface area contributed by atoms with Crippen molar-refractivity contribution < 1.29 is 19.5 Å². The molecule has 1 N–H and O–H groups in total. The number of unbranched alkanes of at least 4 members (excludes halogenated alkanes) is 1. The van der Waals surface area contributed by atoms with Gasteiger partial charge in [0.1, 0.15) is 6.04 Å². The third-order valence-electron chi connectivity index (χ3n) is 6.78. The molecule has 40 heavy (non-hydrogen) atoms. The molecule has 0 bridgehead atoms. The fourth-order valence-electron chi connectivity index (χ4n) is 4.83. The van der Waals surface area contributed by atoms with Crippen molar-refractivity contribution in [2.75, 3.05) is 11.4 Å². The Labute approximate surface area is 266 Å². The molecular weight excluding hydrogens is 558 g/mol. The van der Waals surface area contributed by atoms with Crippen LogP contribution in [0.3, 0.4) is 0 Å². The van der Waals surface area contributed by atoms with Gasteiger partial charge < -0.3 is 14.9 Å². The molecule has 1 aliphatic heterocycles. The van der Waals surface area contributed by atoms with Gasteiger partial charge >= 0.3 is 35.5 Å². The standard InChI is InChI=1S/C31H28Cl2N2O4.Na.H/c1-3-6-21-8-17-27-26(19-21)30(38)35(20(2)22-9-13-24(32)14-10-22)29(23-11-15-25(33)16-12-23)31(39)34(27)18-5-4-7-28(36)37;;/h8-17,19-20,29H,4-5,7,18H2,1-2H3,(H,36,37);;/t20-,29+;;/m1../s1. The number of amides is 2. The number of halogens is 2. The van der Waals surface area contributed by atoms with E-state index in [4.69, 9.17) is 28.3 Å². The van der Waals surface area contributed by atoms with E-state index in [0.717, 1.165) is 5.56 Å². The molecule has 0 spiro atoms. The molecule has 9 heteroatoms. The number of aliphatic carboxylic acids is 1. The van der Waals surface area contributed by atoms with E-state index in [1.807, 2.05) is 19.1 Å². The van der Waals surface area contributed by atoms with Gasteiger partial charge in [-0.05, 0) is 80.3 Å². The van der Waals surface area contributed by atoms with Crippen LogP contribution in [0.25, 0.3) is 0 Å². The Kier molecular flexibility index (Phi) is 11.3. The molecule has 2 atom stereocenters. The number of rotatable bonds is 8. The zero-order chi connectivity index (χ0) is 28.1. The van der Waals surface area contributed by atoms with Gasteiger partial charge in [0.2, 0.25) is 0 Å². The molecule has 0 aliphatic carbocycles. The fraction of sp³-hybridized carbons (Fsp3) is 0.258. The summed E-state index contributed by atoms with van der Waals surface area (Å²) in [7, 11) is 0. The first-order valence-corrected chi connectivity index (χ1v) is 13.4. The third kappa shape index (κ3) is 7.09. The molecule has 0 fully saturated rings. The van der Waals surface area contributed by atoms with Gasteiger partial charge in [-0.15, -0.1) is 5.92 Å². The van der Waals surface area contributed by atoms with Crippen molar-refractivity contribution in [2.24, 2.45) is 0 Å². The topological polar surface area (TPSA) is 77.9 Å². The molecule has 1 heterocycles. The molecule has 6 nitrogen and oxygen atoms in total. The molecule has 202 valence electrons. The van der Waals surface area contributed by atoms with Gasteiger partial charge in [0, 0.05) is 28.6 Å². The van der Waals surface area contributed by atoms with Crippen molar-refractivity contribution in [3.63, 3.8) is 0 Å². The summed E-state index contributed by atoms with van der Waals surface area (Å²) in [4.78, 5) is 43.1. The first kappa shape index (κ1) is 31.7. The molecule has 1 aliphatic rings. The number of carboxylic acids is 1. The van der Waals surface area contributed by atoms with Crippen LogP contribution in [0.5, 0.6) is 0 Å². The summed E-state index contributed by atoms with van der Waals surface area (Å²) in [5.74, 6) is 4.38. The number of benzene rings is 3. The quantitative estimate of drug-likeness (QED) is 0.192. The van der Waals surface area contributed by atoms with Crippen molar-refractivity contribution in [2.45, 2.75) is 45.2 Å². The van der Waals surface area contributed by atoms with Gasteiger partial charge in [0.15, 0.2) is 0 Å². The number of anilines is 1. The van der Waals surface area contributed by atoms with Crippen LogP contribution in [0.2, 0.25) is 10.0 Å². The molecule has 0 saturated heterocycles. The van der Waals surface area contributed by atoms with Gasteiger partial charge in [0.25, 0.3) is 11.8 Å². The summed E-state index contributed by atoms with van der Waals surface area (Å²) in [6, 6.07) is 17.9. The second-order valence-electron chi connectivity index (χ2n) is 9.34. The average Bonchev–Trinajstić information content (AvgIpc) is 3.00. The average molecular weight is 587 g/mol. The molecule has 3 aromatic rings. The molecule has 0 saturated carbocycles. The van der Waals surface area contributed by atoms with Gasteiger partial charge in [-0.2, -0.15) is 0 Å². The molecule has 0 aromatic heterocycles. The van der Waals surface area contributed by atoms with E-state index in [9.17, 15) is 14.4 Å². The van der Waals surface area contributed by atoms with Gasteiger partial charge in [0.05, 0.1) is 17.3 Å². The Morgan fingerprint density at radius 3 is 2.20 bits per heavy atom. The number of nitrogens with zero attached hydrogens (tertiary/aromatic N) is 2. The summed E-state index contributed by atoms with van der Waals surface area (Å²) in [6.45, 7) is 3.87. The summed E-state index contributed by atoms with van der Waals surface area (Å²) >= 11 is 12.3. The minimum absolute atomic E-state index is 0. The predicted octanol–water partition coefficient (Wildman–Crippen LogP) is 6.26. The Bertz CT molecular complexity index is 1450. The van der Waals surface area contributed by atoms with Crippen LogP contribution in [0.15, 0.2) is 66.7 Å². The van der Waals surface area contributed by atoms with Crippen LogP contribution >= 0.6 is 23.2 Å². The van der Waals surface area contributed by atoms with E-state index in [1.165, 1.54) is 0 Å². The van der Waals surface area contributed by atoms with Crippen molar-refractivity contribution in [1.29, 1.82) is 0 Å². The number of hydrogen-bond acceptors (Lipinski definition) is 3. The Morgan fingerprint density at radius 2 is 1.60 bits per heavy atom. The van der Waals surface area contributed by atoms with E-state index in [-0.39, 0.29) is 54.3 Å². The van der Waals surface area contributed by atoms with Crippen molar-refractivity contribution in [1.82, 2.24) is 4.90 Å². The van der Waals surface area contributed by atoms with E-state index < -0.39 is 18.1 Å². The predicted molar refractivity (Wildman–Crippen MR) is 160 cm³/mol. The van der Waals surface area contributed by atoms with E-state index >= 15 is 0 Å². The van der Waals surface area contributed by atoms with Gasteiger partial charge in [-0.1, -0.05) is 53.4 Å². The van der Waals surface area contributed by atoms with Crippen molar-refractivity contribution in [3.05, 3.63) is 99.0 Å². The third-order valence-corrected chi connectivity index (χ3v) is 7.28. The van der Waals surface area contributed by atoms with E-state index in [2.05, 4.69) is 11.8 Å². The monoisotopic (exact) mass is 586 g/mol. The fourth-order valence-corrected chi connectivity index (χ4v) is 5.08. The molecule has 4 rings (SSSR count). The van der Waals surface area contributed by atoms with E-state index in [0.29, 0.717) is 45.3 Å². The summed E-state index contributed by atoms with van der Waals surface area (Å²) in [6.07, 6.45) is 0.861. The molecule has 0 unspecified atom stereocenters. The normalized spacial score (nSPS) is 15.3. The zero-order valence-corrected chi connectivity index (χ0v) is 23.2. The second kappa shape index (κ2) is 14.2. The van der Waals surface area contributed by atoms with E-state index in [1.54, 1.807) is 71.3 Å². The van der Waals surface area contributed by atoms with Crippen LogP contribution in [0.4, 0.5) is 5.69 Å². The number of fused-ring (bicyclic) bond motifs is 1. The van der Waals surface area contributed by atoms with Crippen LogP contribution in [0.1, 0.15) is 72.2 Å². The zero-order valence-electron chi connectivity index (χ0n) is 21.7. The number of hydrogen-bond donors (Lipinski definition) is 1. The number of carbonyl (C=O) groups is 3. The molecular formula is C31H29Cl2N2NaO4. The molecule has 2 amide bonds. The SMILES string of the molecule is CC#Cc1ccc2c(c1)C(=O)N([C@H](C)c1ccc(Cl)cc1)[C@@H](c1ccc(Cl)cc1)C(=O)N2CCCCC(=O)O.[NaH]. The molecule has 0 radical (unpaired) electrons. The van der Waals surface area contributed by atoms with Crippen LogP contribution < -0.4 is 4.90 Å². The first-order chi connectivity index (χ1) is 18.7. The van der Waals surface area contributed by atoms with Crippen LogP contribution in [0, 0.1) is 11.8 Å². The summed E-state index contributed by atoms with van der Waals surface area (Å²) in [5, 5.41) is 10.2. The minimum atomic E-state index is -0.951. The van der Waals surface area contributed by atoms with Crippen molar-refractivity contribution in [3.8, 4) is 11.8 Å². The van der Waals surface area contributed by atoms with Crippen molar-refractivity contribution >= 4 is 76.2 Å². The molecule has 3 aromatic carbocycles. The summed E-state index contributed by atoms with van der Waals surface area (Å²) in [5.41, 5.74) is 2.94. The van der Waals surface area contributed by atoms with Crippen LogP contribution in [-0.2, 0) is 9.59 Å². The Balaban J connectivity index is 0.00000441. The number of carbonyl (C=O) groups excluding carboxylic acids is 2. The van der Waals surface area contributed by atoms with Crippen LogP contribution in [-0.4, -0.2) is 63.9 Å². The van der Waals surface area contributed by atoms with Gasteiger partial charge in [-0.3, -0.25) is 14.4 Å². The maximum absolute atomic E-state index is 14.4. The first-order valence-electron chi connectivity index (χ1n) is 12.6. The summed E-state index contributed by atoms with van der Waals surface area (Å²) < 4.78 is 0. The second-order valence-corrected chi connectivity index (χ2v) is 10.2. The van der Waals surface area contributed by atoms with Gasteiger partial charge in [-0.25, -0.2) is 0 Å². The maximum atomic E-state index is 14.4. The number of carboxylic acid groups (broad SMARTS) is 1.